The van der Waals surface area contributed by atoms with Gasteiger partial charge in [0.2, 0.25) is 5.84 Å². The lowest BCUT2D eigenvalue weighted by Gasteiger charge is -2.26. The zero-order valence-corrected chi connectivity index (χ0v) is 15.5. The fourth-order valence-corrected chi connectivity index (χ4v) is 4.35. The minimum atomic E-state index is -0.580. The van der Waals surface area contributed by atoms with Gasteiger partial charge in [0.15, 0.2) is 5.92 Å². The molecule has 3 rings (SSSR count). The minimum absolute atomic E-state index is 0.259. The molecule has 1 unspecified atom stereocenters. The maximum absolute atomic E-state index is 12.6. The number of thioether (sulfide) groups is 1. The van der Waals surface area contributed by atoms with Crippen molar-refractivity contribution in [2.75, 3.05) is 19.8 Å². The second-order valence-electron chi connectivity index (χ2n) is 5.59. The smallest absolute Gasteiger partial charge is 0.255 e. The van der Waals surface area contributed by atoms with Crippen molar-refractivity contribution in [2.45, 2.75) is 19.8 Å². The van der Waals surface area contributed by atoms with Crippen LogP contribution in [-0.4, -0.2) is 58.0 Å². The number of imide groups is 1. The van der Waals surface area contributed by atoms with Crippen molar-refractivity contribution in [2.24, 2.45) is 15.9 Å². The first-order valence-electron chi connectivity index (χ1n) is 7.80. The van der Waals surface area contributed by atoms with Crippen molar-refractivity contribution >= 4 is 51.8 Å². The van der Waals surface area contributed by atoms with E-state index in [1.807, 2.05) is 17.5 Å². The maximum Gasteiger partial charge on any atom is 0.445 e. The number of nitrogens with zero attached hydrogens (tertiary/aromatic N) is 4. The van der Waals surface area contributed by atoms with Crippen molar-refractivity contribution in [3.05, 3.63) is 22.4 Å². The molecule has 126 valence electrons. The Hall–Kier alpha value is -1.80. The number of amides is 3. The van der Waals surface area contributed by atoms with E-state index in [2.05, 4.69) is 16.9 Å². The van der Waals surface area contributed by atoms with Gasteiger partial charge in [-0.3, -0.25) is 4.79 Å². The summed E-state index contributed by atoms with van der Waals surface area (Å²) < 4.78 is 1.45. The van der Waals surface area contributed by atoms with Gasteiger partial charge in [-0.15, -0.1) is 23.1 Å². The molecule has 0 spiro atoms. The Bertz CT molecular complexity index is 765. The summed E-state index contributed by atoms with van der Waals surface area (Å²) in [6.45, 7) is 2.13. The number of thiophene rings is 1. The quantitative estimate of drug-likeness (QED) is 0.610. The lowest BCUT2D eigenvalue weighted by atomic mass is 10.0. The molecular weight excluding hydrogens is 344 g/mol. The monoisotopic (exact) mass is 363 g/mol. The van der Waals surface area contributed by atoms with E-state index in [0.717, 1.165) is 33.4 Å². The number of amidine groups is 2. The number of carbonyl (C=O) groups excluding carboxylic acids is 2. The Kier molecular flexibility index (Phi) is 4.96. The number of aliphatic imine (C=N–C) groups is 2. The summed E-state index contributed by atoms with van der Waals surface area (Å²) in [6.07, 6.45) is 2.13. The van der Waals surface area contributed by atoms with Crippen LogP contribution in [0.2, 0.25) is 0 Å². The zero-order valence-electron chi connectivity index (χ0n) is 13.9. The molecule has 24 heavy (non-hydrogen) atoms. The van der Waals surface area contributed by atoms with E-state index in [9.17, 15) is 9.59 Å². The standard InChI is InChI=1S/C16H19N4O2S2/c1-4-5-8-24-14-11-13(19(2)16(22)20(3)15(11)21)17-12(18-14)10-7-6-9-23-10/h6-7,9,11H,4-5,8H2,1-3H3/q+1. The van der Waals surface area contributed by atoms with Crippen LogP contribution in [0.15, 0.2) is 27.5 Å². The van der Waals surface area contributed by atoms with E-state index >= 15 is 0 Å². The molecule has 0 fully saturated rings. The highest BCUT2D eigenvalue weighted by atomic mass is 32.2. The molecule has 0 radical (unpaired) electrons. The van der Waals surface area contributed by atoms with Crippen LogP contribution in [0.1, 0.15) is 24.6 Å². The molecule has 0 aromatic carbocycles. The third-order valence-electron chi connectivity index (χ3n) is 3.93. The molecule has 8 heteroatoms. The topological polar surface area (TPSA) is 65.1 Å². The molecule has 3 amide bonds. The summed E-state index contributed by atoms with van der Waals surface area (Å²) in [5.41, 5.74) is 0. The maximum atomic E-state index is 12.6. The Labute approximate surface area is 149 Å². The molecule has 0 N–H and O–H groups in total. The highest BCUT2D eigenvalue weighted by molar-refractivity contribution is 8.14. The van der Waals surface area contributed by atoms with Crippen LogP contribution in [0.3, 0.4) is 0 Å². The van der Waals surface area contributed by atoms with Gasteiger partial charge in [0.1, 0.15) is 5.04 Å². The van der Waals surface area contributed by atoms with E-state index in [-0.39, 0.29) is 11.9 Å². The first kappa shape index (κ1) is 17.0. The number of fused-ring (bicyclic) bond motifs is 1. The van der Waals surface area contributed by atoms with Crippen molar-refractivity contribution in [1.29, 1.82) is 0 Å². The van der Waals surface area contributed by atoms with Crippen LogP contribution in [0, 0.1) is 5.92 Å². The Morgan fingerprint density at radius 3 is 2.83 bits per heavy atom. The third kappa shape index (κ3) is 2.95. The van der Waals surface area contributed by atoms with Gasteiger partial charge in [-0.25, -0.2) is 9.79 Å². The van der Waals surface area contributed by atoms with Gasteiger partial charge in [-0.2, -0.15) is 9.48 Å². The van der Waals surface area contributed by atoms with E-state index in [1.54, 1.807) is 30.1 Å². The predicted octanol–water partition coefficient (Wildman–Crippen LogP) is 2.69. The first-order valence-corrected chi connectivity index (χ1v) is 9.67. The van der Waals surface area contributed by atoms with Gasteiger partial charge >= 0.3 is 11.9 Å². The van der Waals surface area contributed by atoms with Crippen LogP contribution in [0.25, 0.3) is 0 Å². The lowest BCUT2D eigenvalue weighted by molar-refractivity contribution is -0.407. The van der Waals surface area contributed by atoms with Gasteiger partial charge < -0.3 is 0 Å². The molecule has 6 nitrogen and oxygen atoms in total. The Morgan fingerprint density at radius 2 is 2.17 bits per heavy atom. The number of rotatable bonds is 4. The molecule has 0 saturated carbocycles. The number of unbranched alkanes of at least 4 members (excludes halogenated alkanes) is 1. The van der Waals surface area contributed by atoms with Gasteiger partial charge in [0.25, 0.3) is 5.84 Å². The molecule has 3 heterocycles. The molecule has 1 aromatic heterocycles. The highest BCUT2D eigenvalue weighted by Gasteiger charge is 2.49. The fourth-order valence-electron chi connectivity index (χ4n) is 2.53. The molecule has 2 aliphatic rings. The summed E-state index contributed by atoms with van der Waals surface area (Å²) >= 11 is 3.13. The molecule has 0 bridgehead atoms. The molecule has 0 aliphatic carbocycles. The number of urea groups is 1. The largest absolute Gasteiger partial charge is 0.445 e. The zero-order chi connectivity index (χ0) is 17.3. The summed E-state index contributed by atoms with van der Waals surface area (Å²) in [6, 6.07) is 3.52. The van der Waals surface area contributed by atoms with Crippen molar-refractivity contribution in [3.8, 4) is 0 Å². The second kappa shape index (κ2) is 6.98. The third-order valence-corrected chi connectivity index (χ3v) is 5.91. The number of hydrogen-bond donors (Lipinski definition) is 0. The van der Waals surface area contributed by atoms with E-state index in [4.69, 9.17) is 0 Å². The average molecular weight is 363 g/mol. The van der Waals surface area contributed by atoms with Gasteiger partial charge in [-0.05, 0) is 23.6 Å². The van der Waals surface area contributed by atoms with Crippen molar-refractivity contribution < 1.29 is 14.2 Å². The van der Waals surface area contributed by atoms with Crippen molar-refractivity contribution in [1.82, 2.24) is 4.90 Å². The highest BCUT2D eigenvalue weighted by Crippen LogP contribution is 2.27. The van der Waals surface area contributed by atoms with Crippen LogP contribution < -0.4 is 0 Å². The van der Waals surface area contributed by atoms with Crippen LogP contribution in [0.5, 0.6) is 0 Å². The average Bonchev–Trinajstić information content (AvgIpc) is 3.12. The van der Waals surface area contributed by atoms with Gasteiger partial charge in [0, 0.05) is 0 Å². The van der Waals surface area contributed by atoms with Crippen molar-refractivity contribution in [3.63, 3.8) is 0 Å². The number of carbonyl (C=O) groups is 2. The predicted molar refractivity (Wildman–Crippen MR) is 98.5 cm³/mol. The molecule has 0 saturated heterocycles. The normalized spacial score (nSPS) is 21.0. The van der Waals surface area contributed by atoms with E-state index in [1.165, 1.54) is 11.6 Å². The molecule has 1 atom stereocenters. The van der Waals surface area contributed by atoms with Crippen LogP contribution in [0.4, 0.5) is 4.79 Å². The molecule has 2 aliphatic heterocycles. The van der Waals surface area contributed by atoms with Crippen LogP contribution >= 0.6 is 23.1 Å². The molecular formula is C16H19N4O2S2+. The summed E-state index contributed by atoms with van der Waals surface area (Å²) in [5.74, 6) is 1.10. The Morgan fingerprint density at radius 1 is 1.38 bits per heavy atom. The second-order valence-corrected chi connectivity index (χ2v) is 7.66. The minimum Gasteiger partial charge on any atom is -0.255 e. The lowest BCUT2D eigenvalue weighted by Crippen LogP contribution is -2.54. The number of hydrogen-bond acceptors (Lipinski definition) is 6. The van der Waals surface area contributed by atoms with Crippen LogP contribution in [-0.2, 0) is 4.79 Å². The van der Waals surface area contributed by atoms with E-state index < -0.39 is 5.92 Å². The summed E-state index contributed by atoms with van der Waals surface area (Å²) in [7, 11) is 3.16. The first-order chi connectivity index (χ1) is 11.5. The van der Waals surface area contributed by atoms with E-state index in [0.29, 0.717) is 11.7 Å². The Balaban J connectivity index is 2.07. The summed E-state index contributed by atoms with van der Waals surface area (Å²) in [5, 5.41) is 2.69. The van der Waals surface area contributed by atoms with Gasteiger partial charge in [-0.1, -0.05) is 24.4 Å². The SMILES string of the molecule is CCCCSC1=NC(c2cccs2)=NC2=[N+](C)C(=O)N(C)C(=O)C12. The summed E-state index contributed by atoms with van der Waals surface area (Å²) in [4.78, 5) is 36.2. The fraction of sp³-hybridized carbons (Fsp3) is 0.438. The van der Waals surface area contributed by atoms with Gasteiger partial charge in [0.05, 0.1) is 19.0 Å². The molecule has 1 aromatic rings.